The second-order valence-corrected chi connectivity index (χ2v) is 4.63. The zero-order chi connectivity index (χ0) is 13.4. The summed E-state index contributed by atoms with van der Waals surface area (Å²) in [6.07, 6.45) is 1.42. The molecule has 0 saturated carbocycles. The van der Waals surface area contributed by atoms with Crippen LogP contribution in [-0.4, -0.2) is 31.2 Å². The second kappa shape index (κ2) is 7.92. The Kier molecular flexibility index (Phi) is 7.34. The minimum atomic E-state index is -0.580. The number of carbonyl (C=O) groups is 2. The molecule has 0 aliphatic heterocycles. The molecule has 2 N–H and O–H groups in total. The zero-order valence-electron chi connectivity index (χ0n) is 11.4. The van der Waals surface area contributed by atoms with Gasteiger partial charge in [-0.25, -0.2) is 9.59 Å². The van der Waals surface area contributed by atoms with Gasteiger partial charge >= 0.3 is 12.0 Å². The summed E-state index contributed by atoms with van der Waals surface area (Å²) in [4.78, 5) is 23.1. The van der Waals surface area contributed by atoms with Gasteiger partial charge in [0.1, 0.15) is 6.04 Å². The molecule has 0 rings (SSSR count). The Balaban J connectivity index is 4.32. The monoisotopic (exact) mass is 244 g/mol. The van der Waals surface area contributed by atoms with E-state index in [0.29, 0.717) is 12.3 Å². The largest absolute Gasteiger partial charge is 0.467 e. The topological polar surface area (TPSA) is 67.4 Å². The van der Waals surface area contributed by atoms with Crippen LogP contribution >= 0.6 is 0 Å². The van der Waals surface area contributed by atoms with E-state index < -0.39 is 12.0 Å². The highest BCUT2D eigenvalue weighted by atomic mass is 16.5. The third kappa shape index (κ3) is 6.81. The molecule has 0 saturated heterocycles. The lowest BCUT2D eigenvalue weighted by atomic mass is 10.0. The van der Waals surface area contributed by atoms with Crippen molar-refractivity contribution in [3.8, 4) is 0 Å². The lowest BCUT2D eigenvalue weighted by Crippen LogP contribution is -2.49. The number of nitrogens with one attached hydrogen (secondary N) is 2. The Hall–Kier alpha value is -1.26. The molecule has 0 aromatic heterocycles. The third-order valence-corrected chi connectivity index (χ3v) is 2.49. The van der Waals surface area contributed by atoms with Gasteiger partial charge in [0, 0.05) is 6.04 Å². The molecule has 2 atom stereocenters. The first-order chi connectivity index (χ1) is 7.90. The Morgan fingerprint density at radius 2 is 1.76 bits per heavy atom. The summed E-state index contributed by atoms with van der Waals surface area (Å²) >= 11 is 0. The first-order valence-corrected chi connectivity index (χ1v) is 6.05. The van der Waals surface area contributed by atoms with E-state index in [0.717, 1.165) is 6.42 Å². The van der Waals surface area contributed by atoms with Crippen molar-refractivity contribution in [2.75, 3.05) is 7.11 Å². The van der Waals surface area contributed by atoms with Crippen molar-refractivity contribution >= 4 is 12.0 Å². The van der Waals surface area contributed by atoms with Gasteiger partial charge in [-0.1, -0.05) is 20.8 Å². The van der Waals surface area contributed by atoms with E-state index in [1.165, 1.54) is 7.11 Å². The van der Waals surface area contributed by atoms with Crippen LogP contribution < -0.4 is 10.6 Å². The molecular weight excluding hydrogens is 220 g/mol. The molecule has 0 aliphatic rings. The van der Waals surface area contributed by atoms with Crippen molar-refractivity contribution < 1.29 is 14.3 Å². The standard InChI is InChI=1S/C12H24N2O3/c1-6-9(4)13-12(16)14-10(7-8(2)3)11(15)17-5/h8-10H,6-7H2,1-5H3,(H2,13,14,16). The summed E-state index contributed by atoms with van der Waals surface area (Å²) in [5, 5.41) is 5.39. The summed E-state index contributed by atoms with van der Waals surface area (Å²) in [6.45, 7) is 7.88. The van der Waals surface area contributed by atoms with Crippen LogP contribution in [0.4, 0.5) is 4.79 Å². The van der Waals surface area contributed by atoms with Gasteiger partial charge in [0.25, 0.3) is 0 Å². The number of carbonyl (C=O) groups excluding carboxylic acids is 2. The predicted molar refractivity (Wildman–Crippen MR) is 66.7 cm³/mol. The van der Waals surface area contributed by atoms with E-state index in [1.807, 2.05) is 27.7 Å². The predicted octanol–water partition coefficient (Wildman–Crippen LogP) is 1.67. The SMILES string of the molecule is CCC(C)NC(=O)NC(CC(C)C)C(=O)OC. The second-order valence-electron chi connectivity index (χ2n) is 4.63. The van der Waals surface area contributed by atoms with E-state index >= 15 is 0 Å². The Labute approximate surface area is 103 Å². The molecule has 0 heterocycles. The maximum absolute atomic E-state index is 11.6. The lowest BCUT2D eigenvalue weighted by Gasteiger charge is -2.20. The highest BCUT2D eigenvalue weighted by Gasteiger charge is 2.22. The smallest absolute Gasteiger partial charge is 0.328 e. The van der Waals surface area contributed by atoms with E-state index in [2.05, 4.69) is 15.4 Å². The average molecular weight is 244 g/mol. The molecule has 0 aliphatic carbocycles. The molecule has 5 heteroatoms. The molecule has 5 nitrogen and oxygen atoms in total. The van der Waals surface area contributed by atoms with Crippen LogP contribution in [0.2, 0.25) is 0 Å². The van der Waals surface area contributed by atoms with E-state index in [1.54, 1.807) is 0 Å². The summed E-state index contributed by atoms with van der Waals surface area (Å²) < 4.78 is 4.66. The maximum Gasteiger partial charge on any atom is 0.328 e. The number of amides is 2. The van der Waals surface area contributed by atoms with Crippen LogP contribution in [0.25, 0.3) is 0 Å². The van der Waals surface area contributed by atoms with Crippen LogP contribution in [0.3, 0.4) is 0 Å². The molecule has 0 fully saturated rings. The Morgan fingerprint density at radius 3 is 2.18 bits per heavy atom. The third-order valence-electron chi connectivity index (χ3n) is 2.49. The summed E-state index contributed by atoms with van der Waals surface area (Å²) in [7, 11) is 1.32. The van der Waals surface area contributed by atoms with Crippen molar-refractivity contribution in [1.82, 2.24) is 10.6 Å². The highest BCUT2D eigenvalue weighted by molar-refractivity contribution is 5.83. The van der Waals surface area contributed by atoms with E-state index in [4.69, 9.17) is 0 Å². The summed E-state index contributed by atoms with van der Waals surface area (Å²) in [6, 6.07) is -0.813. The number of rotatable bonds is 6. The van der Waals surface area contributed by atoms with Crippen LogP contribution in [0.15, 0.2) is 0 Å². The van der Waals surface area contributed by atoms with Crippen LogP contribution in [0.5, 0.6) is 0 Å². The number of esters is 1. The first kappa shape index (κ1) is 15.7. The summed E-state index contributed by atoms with van der Waals surface area (Å²) in [5.41, 5.74) is 0. The fraction of sp³-hybridized carbons (Fsp3) is 0.833. The molecule has 2 amide bonds. The van der Waals surface area contributed by atoms with Crippen LogP contribution in [0.1, 0.15) is 40.5 Å². The fourth-order valence-corrected chi connectivity index (χ4v) is 1.35. The lowest BCUT2D eigenvalue weighted by molar-refractivity contribution is -0.143. The molecule has 0 bridgehead atoms. The molecular formula is C12H24N2O3. The van der Waals surface area contributed by atoms with Gasteiger partial charge in [-0.15, -0.1) is 0 Å². The molecule has 0 spiro atoms. The molecule has 0 aromatic carbocycles. The minimum Gasteiger partial charge on any atom is -0.467 e. The first-order valence-electron chi connectivity index (χ1n) is 6.05. The van der Waals surface area contributed by atoms with Crippen molar-refractivity contribution in [2.45, 2.75) is 52.6 Å². The Bertz CT molecular complexity index is 254. The van der Waals surface area contributed by atoms with Gasteiger partial charge in [0.15, 0.2) is 0 Å². The van der Waals surface area contributed by atoms with Gasteiger partial charge in [-0.05, 0) is 25.7 Å². The highest BCUT2D eigenvalue weighted by Crippen LogP contribution is 2.06. The maximum atomic E-state index is 11.6. The van der Waals surface area contributed by atoms with Crippen LogP contribution in [-0.2, 0) is 9.53 Å². The van der Waals surface area contributed by atoms with E-state index in [-0.39, 0.29) is 12.1 Å². The Morgan fingerprint density at radius 1 is 1.18 bits per heavy atom. The van der Waals surface area contributed by atoms with Crippen molar-refractivity contribution in [2.24, 2.45) is 5.92 Å². The van der Waals surface area contributed by atoms with Gasteiger partial charge < -0.3 is 15.4 Å². The number of methoxy groups -OCH3 is 1. The zero-order valence-corrected chi connectivity index (χ0v) is 11.4. The van der Waals surface area contributed by atoms with Gasteiger partial charge in [0.2, 0.25) is 0 Å². The quantitative estimate of drug-likeness (QED) is 0.698. The van der Waals surface area contributed by atoms with Crippen molar-refractivity contribution in [3.63, 3.8) is 0 Å². The molecule has 0 aromatic rings. The van der Waals surface area contributed by atoms with Crippen molar-refractivity contribution in [3.05, 3.63) is 0 Å². The fourth-order valence-electron chi connectivity index (χ4n) is 1.35. The van der Waals surface area contributed by atoms with E-state index in [9.17, 15) is 9.59 Å². The summed E-state index contributed by atoms with van der Waals surface area (Å²) in [5.74, 6) is -0.0963. The average Bonchev–Trinajstić information content (AvgIpc) is 2.26. The number of hydrogen-bond donors (Lipinski definition) is 2. The van der Waals surface area contributed by atoms with Gasteiger partial charge in [0.05, 0.1) is 7.11 Å². The normalized spacial score (nSPS) is 14.0. The minimum absolute atomic E-state index is 0.0901. The molecule has 100 valence electrons. The molecule has 0 radical (unpaired) electrons. The van der Waals surface area contributed by atoms with Crippen molar-refractivity contribution in [1.29, 1.82) is 0 Å². The molecule has 17 heavy (non-hydrogen) atoms. The van der Waals surface area contributed by atoms with Crippen LogP contribution in [0, 0.1) is 5.92 Å². The van der Waals surface area contributed by atoms with Gasteiger partial charge in [-0.3, -0.25) is 0 Å². The molecule has 2 unspecified atom stereocenters. The number of ether oxygens (including phenoxy) is 1. The number of urea groups is 1. The number of hydrogen-bond acceptors (Lipinski definition) is 3. The van der Waals surface area contributed by atoms with Gasteiger partial charge in [-0.2, -0.15) is 0 Å².